The number of methoxy groups -OCH3 is 1. The average Bonchev–Trinajstić information content (AvgIpc) is 2.38. The van der Waals surface area contributed by atoms with Gasteiger partial charge in [0.2, 0.25) is 5.91 Å². The molecular formula is C13H14F2N2O3. The minimum atomic E-state index is -3.00. The van der Waals surface area contributed by atoms with Gasteiger partial charge in [0.15, 0.2) is 11.5 Å². The van der Waals surface area contributed by atoms with E-state index in [-0.39, 0.29) is 23.6 Å². The van der Waals surface area contributed by atoms with Gasteiger partial charge in [-0.05, 0) is 12.1 Å². The number of terminal acetylenes is 1. The van der Waals surface area contributed by atoms with Crippen molar-refractivity contribution in [3.63, 3.8) is 0 Å². The van der Waals surface area contributed by atoms with Crippen molar-refractivity contribution in [2.75, 3.05) is 12.4 Å². The highest BCUT2D eigenvalue weighted by Gasteiger charge is 2.15. The largest absolute Gasteiger partial charge is 0.493 e. The van der Waals surface area contributed by atoms with Crippen molar-refractivity contribution >= 4 is 11.6 Å². The summed E-state index contributed by atoms with van der Waals surface area (Å²) in [5, 5.41) is 2.45. The van der Waals surface area contributed by atoms with Crippen molar-refractivity contribution in [2.24, 2.45) is 5.73 Å². The van der Waals surface area contributed by atoms with E-state index in [9.17, 15) is 13.6 Å². The van der Waals surface area contributed by atoms with Crippen LogP contribution >= 0.6 is 0 Å². The third-order valence-corrected chi connectivity index (χ3v) is 2.32. The first-order valence-electron chi connectivity index (χ1n) is 5.60. The molecule has 7 heteroatoms. The van der Waals surface area contributed by atoms with Crippen molar-refractivity contribution in [3.05, 3.63) is 18.2 Å². The molecule has 5 nitrogen and oxygen atoms in total. The molecule has 0 saturated carbocycles. The van der Waals surface area contributed by atoms with Crippen LogP contribution in [0.4, 0.5) is 14.5 Å². The Bertz CT molecular complexity index is 515. The molecule has 108 valence electrons. The Morgan fingerprint density at radius 2 is 2.20 bits per heavy atom. The van der Waals surface area contributed by atoms with E-state index in [0.29, 0.717) is 0 Å². The first kappa shape index (κ1) is 15.7. The molecule has 0 spiro atoms. The van der Waals surface area contributed by atoms with Crippen LogP contribution in [0.15, 0.2) is 18.2 Å². The maximum atomic E-state index is 12.3. The number of alkyl halides is 2. The van der Waals surface area contributed by atoms with Gasteiger partial charge in [0, 0.05) is 18.2 Å². The first-order valence-corrected chi connectivity index (χ1v) is 5.60. The molecule has 0 bridgehead atoms. The van der Waals surface area contributed by atoms with Gasteiger partial charge in [-0.15, -0.1) is 12.3 Å². The predicted molar refractivity (Wildman–Crippen MR) is 69.7 cm³/mol. The molecule has 1 rings (SSSR count). The molecule has 0 aliphatic heterocycles. The van der Waals surface area contributed by atoms with Crippen LogP contribution in [-0.4, -0.2) is 25.7 Å². The third-order valence-electron chi connectivity index (χ3n) is 2.32. The Morgan fingerprint density at radius 3 is 2.75 bits per heavy atom. The zero-order chi connectivity index (χ0) is 15.1. The van der Waals surface area contributed by atoms with Gasteiger partial charge in [-0.3, -0.25) is 4.79 Å². The molecule has 20 heavy (non-hydrogen) atoms. The quantitative estimate of drug-likeness (QED) is 0.778. The number of nitrogens with two attached hydrogens (primary N) is 1. The number of hydrogen-bond acceptors (Lipinski definition) is 4. The van der Waals surface area contributed by atoms with Gasteiger partial charge < -0.3 is 20.5 Å². The fourth-order valence-corrected chi connectivity index (χ4v) is 1.40. The summed E-state index contributed by atoms with van der Waals surface area (Å²) in [5.41, 5.74) is 5.77. The van der Waals surface area contributed by atoms with Crippen LogP contribution in [0.25, 0.3) is 0 Å². The molecule has 3 N–H and O–H groups in total. The summed E-state index contributed by atoms with van der Waals surface area (Å²) in [5.74, 6) is 1.68. The second-order valence-corrected chi connectivity index (χ2v) is 3.75. The Kier molecular flexibility index (Phi) is 5.74. The molecule has 1 aromatic rings. The number of carbonyl (C=O) groups is 1. The van der Waals surface area contributed by atoms with Crippen molar-refractivity contribution in [3.8, 4) is 23.8 Å². The molecule has 0 aliphatic carbocycles. The van der Waals surface area contributed by atoms with E-state index < -0.39 is 18.6 Å². The van der Waals surface area contributed by atoms with Crippen LogP contribution in [0.3, 0.4) is 0 Å². The standard InChI is InChI=1S/C13H14F2N2O3/c1-3-4-9(16)12(18)17-8-5-6-10(19-2)11(7-8)20-13(14)15/h1,5-7,9,13H,4,16H2,2H3,(H,17,18). The number of amides is 1. The number of carbonyl (C=O) groups excluding carboxylic acids is 1. The SMILES string of the molecule is C#CCC(N)C(=O)Nc1ccc(OC)c(OC(F)F)c1. The lowest BCUT2D eigenvalue weighted by Gasteiger charge is -2.13. The van der Waals surface area contributed by atoms with Crippen LogP contribution in [0.1, 0.15) is 6.42 Å². The lowest BCUT2D eigenvalue weighted by Crippen LogP contribution is -2.35. The number of halogens is 2. The second kappa shape index (κ2) is 7.31. The van der Waals surface area contributed by atoms with Gasteiger partial charge in [0.1, 0.15) is 0 Å². The summed E-state index contributed by atoms with van der Waals surface area (Å²) in [4.78, 5) is 11.6. The van der Waals surface area contributed by atoms with Crippen molar-refractivity contribution in [2.45, 2.75) is 19.1 Å². The zero-order valence-electron chi connectivity index (χ0n) is 10.7. The molecule has 1 amide bonds. The Balaban J connectivity index is 2.86. The van der Waals surface area contributed by atoms with E-state index in [4.69, 9.17) is 16.9 Å². The molecular weight excluding hydrogens is 270 g/mol. The van der Waals surface area contributed by atoms with E-state index >= 15 is 0 Å². The highest BCUT2D eigenvalue weighted by atomic mass is 19.3. The summed E-state index contributed by atoms with van der Waals surface area (Å²) in [6, 6.07) is 3.20. The van der Waals surface area contributed by atoms with Crippen LogP contribution in [-0.2, 0) is 4.79 Å². The zero-order valence-corrected chi connectivity index (χ0v) is 10.7. The third kappa shape index (κ3) is 4.40. The maximum Gasteiger partial charge on any atom is 0.387 e. The molecule has 0 aromatic heterocycles. The van der Waals surface area contributed by atoms with Gasteiger partial charge in [-0.1, -0.05) is 0 Å². The van der Waals surface area contributed by atoms with Crippen molar-refractivity contribution < 1.29 is 23.0 Å². The lowest BCUT2D eigenvalue weighted by atomic mass is 10.2. The summed E-state index contributed by atoms with van der Waals surface area (Å²) < 4.78 is 33.7. The fourth-order valence-electron chi connectivity index (χ4n) is 1.40. The highest BCUT2D eigenvalue weighted by Crippen LogP contribution is 2.31. The van der Waals surface area contributed by atoms with Crippen molar-refractivity contribution in [1.82, 2.24) is 0 Å². The van der Waals surface area contributed by atoms with E-state index in [0.717, 1.165) is 0 Å². The number of hydrogen-bond donors (Lipinski definition) is 2. The van der Waals surface area contributed by atoms with Gasteiger partial charge in [-0.25, -0.2) is 0 Å². The number of benzene rings is 1. The van der Waals surface area contributed by atoms with Crippen LogP contribution in [0.5, 0.6) is 11.5 Å². The van der Waals surface area contributed by atoms with E-state index in [1.807, 2.05) is 0 Å². The predicted octanol–water partition coefficient (Wildman–Crippen LogP) is 1.59. The number of anilines is 1. The fraction of sp³-hybridized carbons (Fsp3) is 0.308. The van der Waals surface area contributed by atoms with Gasteiger partial charge in [0.25, 0.3) is 0 Å². The topological polar surface area (TPSA) is 73.6 Å². The summed E-state index contributed by atoms with van der Waals surface area (Å²) in [6.07, 6.45) is 5.12. The molecule has 1 atom stereocenters. The maximum absolute atomic E-state index is 12.3. The number of ether oxygens (including phenoxy) is 2. The molecule has 0 heterocycles. The number of nitrogens with one attached hydrogen (secondary N) is 1. The van der Waals surface area contributed by atoms with Gasteiger partial charge in [-0.2, -0.15) is 8.78 Å². The minimum Gasteiger partial charge on any atom is -0.493 e. The van der Waals surface area contributed by atoms with Crippen LogP contribution < -0.4 is 20.5 Å². The Labute approximate surface area is 115 Å². The first-order chi connectivity index (χ1) is 9.47. The second-order valence-electron chi connectivity index (χ2n) is 3.75. The van der Waals surface area contributed by atoms with Crippen LogP contribution in [0.2, 0.25) is 0 Å². The molecule has 1 aromatic carbocycles. The smallest absolute Gasteiger partial charge is 0.387 e. The van der Waals surface area contributed by atoms with Gasteiger partial charge >= 0.3 is 6.61 Å². The monoisotopic (exact) mass is 284 g/mol. The Morgan fingerprint density at radius 1 is 1.50 bits per heavy atom. The summed E-state index contributed by atoms with van der Waals surface area (Å²) in [7, 11) is 1.31. The highest BCUT2D eigenvalue weighted by molar-refractivity contribution is 5.95. The molecule has 0 saturated heterocycles. The molecule has 0 radical (unpaired) electrons. The van der Waals surface area contributed by atoms with Crippen LogP contribution in [0, 0.1) is 12.3 Å². The van der Waals surface area contributed by atoms with Gasteiger partial charge in [0.05, 0.1) is 13.2 Å². The molecule has 1 unspecified atom stereocenters. The van der Waals surface area contributed by atoms with E-state index in [1.54, 1.807) is 0 Å². The Hall–Kier alpha value is -2.33. The molecule has 0 aliphatic rings. The molecule has 0 fully saturated rings. The summed E-state index contributed by atoms with van der Waals surface area (Å²) >= 11 is 0. The average molecular weight is 284 g/mol. The lowest BCUT2D eigenvalue weighted by molar-refractivity contribution is -0.117. The van der Waals surface area contributed by atoms with E-state index in [1.165, 1.54) is 25.3 Å². The number of rotatable bonds is 6. The van der Waals surface area contributed by atoms with Crippen molar-refractivity contribution in [1.29, 1.82) is 0 Å². The van der Waals surface area contributed by atoms with E-state index in [2.05, 4.69) is 16.0 Å². The summed E-state index contributed by atoms with van der Waals surface area (Å²) in [6.45, 7) is -3.00. The normalized spacial score (nSPS) is 11.6. The minimum absolute atomic E-state index is 0.0718.